The molecule has 0 saturated heterocycles. The average Bonchev–Trinajstić information content (AvgIpc) is 1.84. The van der Waals surface area contributed by atoms with Crippen molar-refractivity contribution in [3.05, 3.63) is 0 Å². The van der Waals surface area contributed by atoms with Crippen molar-refractivity contribution >= 4 is 12.4 Å². The number of ether oxygens (including phenoxy) is 1. The van der Waals surface area contributed by atoms with E-state index in [4.69, 9.17) is 5.11 Å². The first kappa shape index (κ1) is 8.94. The first-order valence-corrected chi connectivity index (χ1v) is 2.79. The molecule has 0 aromatic carbocycles. The number of carbonyl (C=O) groups excluding carboxylic acids is 1. The van der Waals surface area contributed by atoms with Crippen molar-refractivity contribution in [1.29, 1.82) is 0 Å². The summed E-state index contributed by atoms with van der Waals surface area (Å²) in [5.41, 5.74) is -0.985. The minimum Gasteiger partial charge on any atom is -0.481 e. The largest absolute Gasteiger partial charge is 0.481 e. The quantitative estimate of drug-likeness (QED) is 0.578. The molecule has 0 heterocycles. The van der Waals surface area contributed by atoms with E-state index in [0.29, 0.717) is 0 Å². The third-order valence-electron chi connectivity index (χ3n) is 1.09. The Kier molecular flexibility index (Phi) is 2.86. The van der Waals surface area contributed by atoms with Crippen LogP contribution in [0, 0.1) is 5.41 Å². The van der Waals surface area contributed by atoms with Crippen LogP contribution in [0.25, 0.3) is 0 Å². The Morgan fingerprint density at radius 2 is 2.20 bits per heavy atom. The zero-order valence-corrected chi connectivity index (χ0v) is 5.96. The standard InChI is InChI=1S/C6H10O4/c1-6(2,5(8)9)3-10-4-7/h4H,3H2,1-2H3,(H,8,9). The Hall–Kier alpha value is -1.06. The van der Waals surface area contributed by atoms with Crippen LogP contribution < -0.4 is 0 Å². The molecule has 0 radical (unpaired) electrons. The van der Waals surface area contributed by atoms with Gasteiger partial charge in [-0.1, -0.05) is 0 Å². The van der Waals surface area contributed by atoms with Crippen LogP contribution in [0.4, 0.5) is 0 Å². The number of aliphatic carboxylic acids is 1. The van der Waals surface area contributed by atoms with Crippen molar-refractivity contribution in [3.63, 3.8) is 0 Å². The molecule has 0 unspecified atom stereocenters. The molecule has 0 atom stereocenters. The highest BCUT2D eigenvalue weighted by Gasteiger charge is 2.27. The number of rotatable bonds is 4. The lowest BCUT2D eigenvalue weighted by Crippen LogP contribution is -2.28. The fourth-order valence-electron chi connectivity index (χ4n) is 0.304. The molecule has 0 fully saturated rings. The molecular weight excluding hydrogens is 136 g/mol. The zero-order valence-electron chi connectivity index (χ0n) is 5.96. The summed E-state index contributed by atoms with van der Waals surface area (Å²) >= 11 is 0. The van der Waals surface area contributed by atoms with Crippen molar-refractivity contribution < 1.29 is 19.4 Å². The van der Waals surface area contributed by atoms with Crippen molar-refractivity contribution in [2.75, 3.05) is 6.61 Å². The molecule has 0 saturated carbocycles. The fraction of sp³-hybridized carbons (Fsp3) is 0.667. The molecule has 58 valence electrons. The van der Waals surface area contributed by atoms with Crippen molar-refractivity contribution in [3.8, 4) is 0 Å². The molecule has 4 heteroatoms. The second kappa shape index (κ2) is 3.20. The highest BCUT2D eigenvalue weighted by molar-refractivity contribution is 5.73. The van der Waals surface area contributed by atoms with Crippen LogP contribution in [0.2, 0.25) is 0 Å². The molecule has 10 heavy (non-hydrogen) atoms. The van der Waals surface area contributed by atoms with Gasteiger partial charge >= 0.3 is 5.97 Å². The summed E-state index contributed by atoms with van der Waals surface area (Å²) in [5.74, 6) is -0.977. The molecule has 0 rings (SSSR count). The Bertz CT molecular complexity index is 139. The summed E-state index contributed by atoms with van der Waals surface area (Å²) in [6.45, 7) is 3.12. The molecule has 0 amide bonds. The van der Waals surface area contributed by atoms with Crippen molar-refractivity contribution in [2.45, 2.75) is 13.8 Å². The van der Waals surface area contributed by atoms with E-state index in [0.717, 1.165) is 0 Å². The predicted octanol–water partition coefficient (Wildman–Crippen LogP) is 0.270. The van der Waals surface area contributed by atoms with E-state index in [-0.39, 0.29) is 13.1 Å². The van der Waals surface area contributed by atoms with Crippen molar-refractivity contribution in [1.82, 2.24) is 0 Å². The highest BCUT2D eigenvalue weighted by atomic mass is 16.5. The van der Waals surface area contributed by atoms with Gasteiger partial charge in [-0.3, -0.25) is 9.59 Å². The van der Waals surface area contributed by atoms with Crippen LogP contribution in [0.1, 0.15) is 13.8 Å². The third kappa shape index (κ3) is 2.48. The lowest BCUT2D eigenvalue weighted by Gasteiger charge is -2.16. The van der Waals surface area contributed by atoms with Crippen LogP contribution in [-0.4, -0.2) is 24.2 Å². The summed E-state index contributed by atoms with van der Waals surface area (Å²) in [6, 6.07) is 0. The molecule has 0 aromatic rings. The van der Waals surface area contributed by atoms with Gasteiger partial charge in [-0.25, -0.2) is 0 Å². The molecular formula is C6H10O4. The van der Waals surface area contributed by atoms with E-state index in [1.807, 2.05) is 0 Å². The number of carboxylic acid groups (broad SMARTS) is 1. The van der Waals surface area contributed by atoms with E-state index in [1.54, 1.807) is 0 Å². The molecule has 4 nitrogen and oxygen atoms in total. The van der Waals surface area contributed by atoms with Gasteiger partial charge in [-0.05, 0) is 13.8 Å². The van der Waals surface area contributed by atoms with Crippen LogP contribution in [0.3, 0.4) is 0 Å². The summed E-state index contributed by atoms with van der Waals surface area (Å²) in [6.07, 6.45) is 0. The van der Waals surface area contributed by atoms with Gasteiger partial charge in [-0.15, -0.1) is 0 Å². The normalized spacial score (nSPS) is 10.6. The molecule has 0 spiro atoms. The lowest BCUT2D eigenvalue weighted by molar-refractivity contribution is -0.152. The number of carbonyl (C=O) groups is 2. The minimum absolute atomic E-state index is 0.0914. The van der Waals surface area contributed by atoms with E-state index < -0.39 is 11.4 Å². The van der Waals surface area contributed by atoms with Crippen LogP contribution in [-0.2, 0) is 14.3 Å². The van der Waals surface area contributed by atoms with Crippen molar-refractivity contribution in [2.24, 2.45) is 5.41 Å². The van der Waals surface area contributed by atoms with Gasteiger partial charge in [0.15, 0.2) is 0 Å². The molecule has 0 aromatic heterocycles. The smallest absolute Gasteiger partial charge is 0.312 e. The molecule has 0 bridgehead atoms. The van der Waals surface area contributed by atoms with Gasteiger partial charge < -0.3 is 9.84 Å². The van der Waals surface area contributed by atoms with Gasteiger partial charge in [0.25, 0.3) is 6.47 Å². The van der Waals surface area contributed by atoms with Crippen LogP contribution >= 0.6 is 0 Å². The maximum absolute atomic E-state index is 10.3. The second-order valence-electron chi connectivity index (χ2n) is 2.60. The molecule has 1 N–H and O–H groups in total. The van der Waals surface area contributed by atoms with Crippen LogP contribution in [0.5, 0.6) is 0 Å². The number of hydrogen-bond acceptors (Lipinski definition) is 3. The number of hydrogen-bond donors (Lipinski definition) is 1. The SMILES string of the molecule is CC(C)(COC=O)C(=O)O. The first-order valence-electron chi connectivity index (χ1n) is 2.79. The van der Waals surface area contributed by atoms with Gasteiger partial charge in [0, 0.05) is 0 Å². The molecule has 0 aliphatic rings. The van der Waals surface area contributed by atoms with E-state index in [9.17, 15) is 9.59 Å². The maximum atomic E-state index is 10.3. The topological polar surface area (TPSA) is 63.6 Å². The zero-order chi connectivity index (χ0) is 8.20. The summed E-state index contributed by atoms with van der Waals surface area (Å²) in [7, 11) is 0. The van der Waals surface area contributed by atoms with Gasteiger partial charge in [0.05, 0.1) is 5.41 Å². The summed E-state index contributed by atoms with van der Waals surface area (Å²) in [4.78, 5) is 20.0. The Morgan fingerprint density at radius 3 is 2.50 bits per heavy atom. The second-order valence-corrected chi connectivity index (χ2v) is 2.60. The Labute approximate surface area is 58.8 Å². The first-order chi connectivity index (χ1) is 4.50. The fourth-order valence-corrected chi connectivity index (χ4v) is 0.304. The summed E-state index contributed by atoms with van der Waals surface area (Å²) in [5, 5.41) is 8.47. The van der Waals surface area contributed by atoms with Gasteiger partial charge in [0.1, 0.15) is 6.61 Å². The Morgan fingerprint density at radius 1 is 1.70 bits per heavy atom. The summed E-state index contributed by atoms with van der Waals surface area (Å²) < 4.78 is 4.30. The van der Waals surface area contributed by atoms with E-state index >= 15 is 0 Å². The third-order valence-corrected chi connectivity index (χ3v) is 1.09. The van der Waals surface area contributed by atoms with Gasteiger partial charge in [-0.2, -0.15) is 0 Å². The van der Waals surface area contributed by atoms with E-state index in [1.165, 1.54) is 13.8 Å². The maximum Gasteiger partial charge on any atom is 0.312 e. The minimum atomic E-state index is -0.985. The number of carboxylic acids is 1. The van der Waals surface area contributed by atoms with E-state index in [2.05, 4.69) is 4.74 Å². The lowest BCUT2D eigenvalue weighted by atomic mass is 9.95. The average molecular weight is 146 g/mol. The highest BCUT2D eigenvalue weighted by Crippen LogP contribution is 2.14. The molecule has 0 aliphatic heterocycles. The predicted molar refractivity (Wildman–Crippen MR) is 33.4 cm³/mol. The van der Waals surface area contributed by atoms with Crippen LogP contribution in [0.15, 0.2) is 0 Å². The Balaban J connectivity index is 3.86. The molecule has 0 aliphatic carbocycles. The van der Waals surface area contributed by atoms with Gasteiger partial charge in [0.2, 0.25) is 0 Å². The monoisotopic (exact) mass is 146 g/mol.